The highest BCUT2D eigenvalue weighted by Gasteiger charge is 2.19. The molecule has 0 saturated carbocycles. The lowest BCUT2D eigenvalue weighted by molar-refractivity contribution is -0.123. The van der Waals surface area contributed by atoms with Crippen LogP contribution in [0.3, 0.4) is 0 Å². The lowest BCUT2D eigenvalue weighted by Gasteiger charge is -2.26. The van der Waals surface area contributed by atoms with Gasteiger partial charge in [0.1, 0.15) is 11.5 Å². The molecule has 0 heterocycles. The molecule has 24 heavy (non-hydrogen) atoms. The van der Waals surface area contributed by atoms with Crippen molar-refractivity contribution < 1.29 is 14.3 Å². The van der Waals surface area contributed by atoms with Gasteiger partial charge in [0.2, 0.25) is 0 Å². The second-order valence-electron chi connectivity index (χ2n) is 5.63. The number of nitrogens with zero attached hydrogens (tertiary/aromatic N) is 1. The van der Waals surface area contributed by atoms with Gasteiger partial charge in [-0.3, -0.25) is 4.79 Å². The number of amides is 1. The van der Waals surface area contributed by atoms with E-state index in [4.69, 9.17) is 9.47 Å². The summed E-state index contributed by atoms with van der Waals surface area (Å²) in [5.41, 5.74) is 1.04. The van der Waals surface area contributed by atoms with E-state index in [1.54, 1.807) is 7.11 Å². The summed E-state index contributed by atoms with van der Waals surface area (Å²) in [6.07, 6.45) is 0. The summed E-state index contributed by atoms with van der Waals surface area (Å²) in [6, 6.07) is 17.1. The fourth-order valence-corrected chi connectivity index (χ4v) is 2.44. The Morgan fingerprint density at radius 1 is 1.08 bits per heavy atom. The van der Waals surface area contributed by atoms with Crippen molar-refractivity contribution in [2.45, 2.75) is 6.04 Å². The van der Waals surface area contributed by atoms with Gasteiger partial charge in [0.25, 0.3) is 5.91 Å². The summed E-state index contributed by atoms with van der Waals surface area (Å²) in [5, 5.41) is 2.92. The van der Waals surface area contributed by atoms with Crippen molar-refractivity contribution >= 4 is 5.91 Å². The Balaban J connectivity index is 1.93. The number of hydrogen-bond acceptors (Lipinski definition) is 4. The smallest absolute Gasteiger partial charge is 0.258 e. The third-order valence-corrected chi connectivity index (χ3v) is 3.73. The van der Waals surface area contributed by atoms with Crippen LogP contribution >= 0.6 is 0 Å². The van der Waals surface area contributed by atoms with Crippen molar-refractivity contribution in [2.75, 3.05) is 34.4 Å². The van der Waals surface area contributed by atoms with Crippen molar-refractivity contribution in [1.29, 1.82) is 0 Å². The molecule has 0 unspecified atom stereocenters. The Morgan fingerprint density at radius 2 is 1.75 bits per heavy atom. The van der Waals surface area contributed by atoms with Crippen LogP contribution in [0.2, 0.25) is 0 Å². The molecule has 0 saturated heterocycles. The number of carbonyl (C=O) groups excluding carboxylic acids is 1. The molecule has 1 N–H and O–H groups in total. The van der Waals surface area contributed by atoms with Gasteiger partial charge in [0.15, 0.2) is 6.61 Å². The average Bonchev–Trinajstić information content (AvgIpc) is 2.61. The molecule has 2 rings (SSSR count). The Labute approximate surface area is 143 Å². The molecule has 0 aliphatic carbocycles. The zero-order valence-electron chi connectivity index (χ0n) is 14.4. The first-order valence-electron chi connectivity index (χ1n) is 7.85. The quantitative estimate of drug-likeness (QED) is 0.809. The summed E-state index contributed by atoms with van der Waals surface area (Å²) in [7, 11) is 5.60. The molecular weight excluding hydrogens is 304 g/mol. The van der Waals surface area contributed by atoms with Gasteiger partial charge >= 0.3 is 0 Å². The van der Waals surface area contributed by atoms with Crippen molar-refractivity contribution in [3.63, 3.8) is 0 Å². The summed E-state index contributed by atoms with van der Waals surface area (Å²) in [4.78, 5) is 14.1. The number of para-hydroxylation sites is 2. The zero-order chi connectivity index (χ0) is 17.4. The van der Waals surface area contributed by atoms with Crippen LogP contribution in [0.25, 0.3) is 0 Å². The normalized spacial score (nSPS) is 11.8. The van der Waals surface area contributed by atoms with E-state index in [-0.39, 0.29) is 18.6 Å². The zero-order valence-corrected chi connectivity index (χ0v) is 14.4. The topological polar surface area (TPSA) is 50.8 Å². The van der Waals surface area contributed by atoms with E-state index in [1.807, 2.05) is 68.7 Å². The molecule has 5 nitrogen and oxygen atoms in total. The molecular formula is C19H24N2O3. The van der Waals surface area contributed by atoms with Crippen LogP contribution in [-0.2, 0) is 4.79 Å². The fraction of sp³-hybridized carbons (Fsp3) is 0.316. The van der Waals surface area contributed by atoms with Gasteiger partial charge < -0.3 is 19.7 Å². The minimum absolute atomic E-state index is 0.00388. The van der Waals surface area contributed by atoms with Crippen molar-refractivity contribution in [3.05, 3.63) is 60.2 Å². The fourth-order valence-electron chi connectivity index (χ4n) is 2.44. The highest BCUT2D eigenvalue weighted by molar-refractivity contribution is 5.77. The maximum absolute atomic E-state index is 12.0. The van der Waals surface area contributed by atoms with E-state index < -0.39 is 0 Å². The summed E-state index contributed by atoms with van der Waals surface area (Å²) in [6.45, 7) is 0.473. The first-order valence-corrected chi connectivity index (χ1v) is 7.85. The third kappa shape index (κ3) is 4.99. The molecule has 0 bridgehead atoms. The van der Waals surface area contributed by atoms with Crippen LogP contribution in [0.1, 0.15) is 11.6 Å². The molecule has 5 heteroatoms. The van der Waals surface area contributed by atoms with Crippen LogP contribution in [0.5, 0.6) is 11.5 Å². The predicted molar refractivity (Wildman–Crippen MR) is 94.4 cm³/mol. The molecule has 0 aliphatic heterocycles. The van der Waals surface area contributed by atoms with E-state index in [0.717, 1.165) is 11.3 Å². The van der Waals surface area contributed by atoms with Gasteiger partial charge in [0, 0.05) is 12.1 Å². The Hall–Kier alpha value is -2.53. The Bertz CT molecular complexity index is 644. The molecule has 0 fully saturated rings. The number of benzene rings is 2. The maximum atomic E-state index is 12.0. The summed E-state index contributed by atoms with van der Waals surface area (Å²) >= 11 is 0. The van der Waals surface area contributed by atoms with Crippen molar-refractivity contribution in [3.8, 4) is 11.5 Å². The number of hydrogen-bond donors (Lipinski definition) is 1. The SMILES string of the molecule is COc1ccccc1[C@@H](CNC(=O)COc1ccccc1)N(C)C. The number of ether oxygens (including phenoxy) is 2. The van der Waals surface area contributed by atoms with Crippen LogP contribution in [0, 0.1) is 0 Å². The minimum Gasteiger partial charge on any atom is -0.496 e. The lowest BCUT2D eigenvalue weighted by Crippen LogP contribution is -2.37. The molecule has 128 valence electrons. The molecule has 1 atom stereocenters. The second kappa shape index (κ2) is 8.93. The monoisotopic (exact) mass is 328 g/mol. The van der Waals surface area contributed by atoms with E-state index in [1.165, 1.54) is 0 Å². The molecule has 0 aliphatic rings. The average molecular weight is 328 g/mol. The van der Waals surface area contributed by atoms with E-state index in [9.17, 15) is 4.79 Å². The van der Waals surface area contributed by atoms with Crippen LogP contribution in [0.4, 0.5) is 0 Å². The number of likely N-dealkylation sites (N-methyl/N-ethyl adjacent to an activating group) is 1. The standard InChI is InChI=1S/C19H24N2O3/c1-21(2)17(16-11-7-8-12-18(16)23-3)13-20-19(22)14-24-15-9-5-4-6-10-15/h4-12,17H,13-14H2,1-3H3,(H,20,22)/t17-/m1/s1. The van der Waals surface area contributed by atoms with Gasteiger partial charge in [-0.05, 0) is 32.3 Å². The van der Waals surface area contributed by atoms with E-state index >= 15 is 0 Å². The number of methoxy groups -OCH3 is 1. The van der Waals surface area contributed by atoms with Crippen LogP contribution in [-0.4, -0.2) is 45.2 Å². The molecule has 2 aromatic rings. The molecule has 2 aromatic carbocycles. The van der Waals surface area contributed by atoms with Gasteiger partial charge in [-0.1, -0.05) is 36.4 Å². The van der Waals surface area contributed by atoms with Gasteiger partial charge in [-0.15, -0.1) is 0 Å². The van der Waals surface area contributed by atoms with Crippen LogP contribution < -0.4 is 14.8 Å². The first kappa shape index (κ1) is 17.8. The Morgan fingerprint density at radius 3 is 2.42 bits per heavy atom. The van der Waals surface area contributed by atoms with Crippen LogP contribution in [0.15, 0.2) is 54.6 Å². The van der Waals surface area contributed by atoms with Gasteiger partial charge in [0.05, 0.1) is 13.2 Å². The highest BCUT2D eigenvalue weighted by Crippen LogP contribution is 2.27. The maximum Gasteiger partial charge on any atom is 0.258 e. The highest BCUT2D eigenvalue weighted by atomic mass is 16.5. The third-order valence-electron chi connectivity index (χ3n) is 3.73. The summed E-state index contributed by atoms with van der Waals surface area (Å²) in [5.74, 6) is 1.34. The van der Waals surface area contributed by atoms with E-state index in [2.05, 4.69) is 10.2 Å². The minimum atomic E-state index is -0.152. The van der Waals surface area contributed by atoms with Gasteiger partial charge in [-0.2, -0.15) is 0 Å². The Kier molecular flexibility index (Phi) is 6.63. The number of carbonyl (C=O) groups is 1. The lowest BCUT2D eigenvalue weighted by atomic mass is 10.0. The molecule has 1 amide bonds. The van der Waals surface area contributed by atoms with Gasteiger partial charge in [-0.25, -0.2) is 0 Å². The predicted octanol–water partition coefficient (Wildman–Crippen LogP) is 2.49. The van der Waals surface area contributed by atoms with Crippen molar-refractivity contribution in [1.82, 2.24) is 10.2 Å². The van der Waals surface area contributed by atoms with Crippen molar-refractivity contribution in [2.24, 2.45) is 0 Å². The largest absolute Gasteiger partial charge is 0.496 e. The first-order chi connectivity index (χ1) is 11.6. The summed E-state index contributed by atoms with van der Waals surface area (Å²) < 4.78 is 10.9. The molecule has 0 spiro atoms. The number of rotatable bonds is 8. The molecule has 0 aromatic heterocycles. The van der Waals surface area contributed by atoms with E-state index in [0.29, 0.717) is 12.3 Å². The molecule has 0 radical (unpaired) electrons. The number of nitrogens with one attached hydrogen (secondary N) is 1. The second-order valence-corrected chi connectivity index (χ2v) is 5.63.